The third-order valence-corrected chi connectivity index (χ3v) is 2.54. The van der Waals surface area contributed by atoms with Gasteiger partial charge >= 0.3 is 0 Å². The summed E-state index contributed by atoms with van der Waals surface area (Å²) in [6.45, 7) is 3.60. The molecule has 1 nitrogen and oxygen atoms in total. The van der Waals surface area contributed by atoms with E-state index in [4.69, 9.17) is 0 Å². The number of piperidine rings is 1. The van der Waals surface area contributed by atoms with Gasteiger partial charge in [0.15, 0.2) is 0 Å². The minimum absolute atomic E-state index is 0.902. The minimum Gasteiger partial charge on any atom is -0.303 e. The molecule has 0 radical (unpaired) electrons. The Morgan fingerprint density at radius 3 is 2.80 bits per heavy atom. The lowest BCUT2D eigenvalue weighted by Crippen LogP contribution is -2.35. The summed E-state index contributed by atoms with van der Waals surface area (Å²) >= 11 is 0. The average Bonchev–Trinajstić information content (AvgIpc) is 1.94. The molecule has 0 amide bonds. The molecule has 0 aromatic rings. The van der Waals surface area contributed by atoms with Crippen LogP contribution in [0, 0.1) is 0 Å². The van der Waals surface area contributed by atoms with Gasteiger partial charge in [0.05, 0.1) is 0 Å². The third-order valence-electron chi connectivity index (χ3n) is 2.54. The zero-order valence-corrected chi connectivity index (χ0v) is 7.27. The summed E-state index contributed by atoms with van der Waals surface area (Å²) in [4.78, 5) is 2.52. The van der Waals surface area contributed by atoms with Gasteiger partial charge in [-0.2, -0.15) is 0 Å². The fourth-order valence-electron chi connectivity index (χ4n) is 1.84. The van der Waals surface area contributed by atoms with E-state index in [9.17, 15) is 0 Å². The minimum atomic E-state index is 0.902. The van der Waals surface area contributed by atoms with Crippen LogP contribution in [0.2, 0.25) is 0 Å². The lowest BCUT2D eigenvalue weighted by Gasteiger charge is -2.32. The number of nitrogens with zero attached hydrogens (tertiary/aromatic N) is 1. The normalized spacial score (nSPS) is 28.8. The zero-order valence-electron chi connectivity index (χ0n) is 7.27. The lowest BCUT2D eigenvalue weighted by atomic mass is 9.99. The van der Waals surface area contributed by atoms with Crippen molar-refractivity contribution in [2.24, 2.45) is 0 Å². The Morgan fingerprint density at radius 1 is 1.40 bits per heavy atom. The van der Waals surface area contributed by atoms with Crippen molar-refractivity contribution < 1.29 is 0 Å². The van der Waals surface area contributed by atoms with Crippen molar-refractivity contribution in [1.82, 2.24) is 4.90 Å². The maximum Gasteiger partial charge on any atom is 0.00921 e. The van der Waals surface area contributed by atoms with E-state index in [0.717, 1.165) is 6.04 Å². The van der Waals surface area contributed by atoms with E-state index < -0.39 is 0 Å². The molecule has 1 saturated heterocycles. The van der Waals surface area contributed by atoms with Gasteiger partial charge in [-0.1, -0.05) is 19.8 Å². The molecule has 0 aromatic carbocycles. The van der Waals surface area contributed by atoms with Crippen molar-refractivity contribution in [2.45, 2.75) is 45.1 Å². The van der Waals surface area contributed by atoms with Crippen LogP contribution in [-0.4, -0.2) is 24.5 Å². The Labute approximate surface area is 64.4 Å². The first-order valence-electron chi connectivity index (χ1n) is 4.55. The highest BCUT2D eigenvalue weighted by molar-refractivity contribution is 4.72. The van der Waals surface area contributed by atoms with Crippen molar-refractivity contribution in [3.63, 3.8) is 0 Å². The van der Waals surface area contributed by atoms with Gasteiger partial charge in [-0.3, -0.25) is 0 Å². The fourth-order valence-corrected chi connectivity index (χ4v) is 1.84. The Hall–Kier alpha value is -0.0400. The molecule has 0 saturated carbocycles. The smallest absolute Gasteiger partial charge is 0.00921 e. The van der Waals surface area contributed by atoms with Gasteiger partial charge in [0.25, 0.3) is 0 Å². The lowest BCUT2D eigenvalue weighted by molar-refractivity contribution is 0.175. The van der Waals surface area contributed by atoms with Crippen molar-refractivity contribution in [1.29, 1.82) is 0 Å². The average molecular weight is 141 g/mol. The van der Waals surface area contributed by atoms with Gasteiger partial charge in [0.2, 0.25) is 0 Å². The summed E-state index contributed by atoms with van der Waals surface area (Å²) < 4.78 is 0. The van der Waals surface area contributed by atoms with Crippen LogP contribution in [0.15, 0.2) is 0 Å². The highest BCUT2D eigenvalue weighted by atomic mass is 15.1. The van der Waals surface area contributed by atoms with Crippen molar-refractivity contribution in [3.05, 3.63) is 0 Å². The van der Waals surface area contributed by atoms with Crippen LogP contribution in [0.4, 0.5) is 0 Å². The third kappa shape index (κ3) is 1.98. The summed E-state index contributed by atoms with van der Waals surface area (Å²) in [5.74, 6) is 0. The predicted octanol–water partition coefficient (Wildman–Crippen LogP) is 2.27. The van der Waals surface area contributed by atoms with E-state index in [1.54, 1.807) is 0 Å². The first-order chi connectivity index (χ1) is 4.84. The van der Waals surface area contributed by atoms with E-state index in [2.05, 4.69) is 18.9 Å². The highest BCUT2D eigenvalue weighted by Crippen LogP contribution is 2.18. The molecule has 1 aliphatic heterocycles. The van der Waals surface area contributed by atoms with Crippen LogP contribution < -0.4 is 0 Å². The molecule has 0 bridgehead atoms. The molecular formula is C9H19N. The first kappa shape index (κ1) is 8.06. The Balaban J connectivity index is 2.25. The molecule has 1 heteroatoms. The van der Waals surface area contributed by atoms with Gasteiger partial charge in [-0.05, 0) is 32.9 Å². The van der Waals surface area contributed by atoms with Gasteiger partial charge in [0, 0.05) is 6.04 Å². The van der Waals surface area contributed by atoms with Crippen LogP contribution in [-0.2, 0) is 0 Å². The monoisotopic (exact) mass is 141 g/mol. The topological polar surface area (TPSA) is 3.24 Å². The standard InChI is InChI=1S/C9H19N/c1-3-6-9-7-4-5-8-10(9)2/h9H,3-8H2,1-2H3. The molecule has 1 unspecified atom stereocenters. The molecule has 60 valence electrons. The summed E-state index contributed by atoms with van der Waals surface area (Å²) in [6.07, 6.45) is 7.04. The summed E-state index contributed by atoms with van der Waals surface area (Å²) in [5, 5.41) is 0. The van der Waals surface area contributed by atoms with Crippen LogP contribution in [0.3, 0.4) is 0 Å². The summed E-state index contributed by atoms with van der Waals surface area (Å²) in [5.41, 5.74) is 0. The first-order valence-corrected chi connectivity index (χ1v) is 4.55. The molecule has 1 heterocycles. The molecule has 0 spiro atoms. The molecule has 1 rings (SSSR count). The summed E-state index contributed by atoms with van der Waals surface area (Å²) in [7, 11) is 2.26. The fraction of sp³-hybridized carbons (Fsp3) is 1.00. The van der Waals surface area contributed by atoms with E-state index in [1.807, 2.05) is 0 Å². The maximum absolute atomic E-state index is 2.52. The molecule has 10 heavy (non-hydrogen) atoms. The number of rotatable bonds is 2. The Kier molecular flexibility index (Phi) is 3.20. The molecule has 0 N–H and O–H groups in total. The second kappa shape index (κ2) is 3.97. The number of likely N-dealkylation sites (tertiary alicyclic amines) is 1. The Bertz CT molecular complexity index is 88.7. The predicted molar refractivity (Wildman–Crippen MR) is 45.2 cm³/mol. The molecule has 1 fully saturated rings. The maximum atomic E-state index is 2.52. The van der Waals surface area contributed by atoms with Crippen molar-refractivity contribution in [3.8, 4) is 0 Å². The van der Waals surface area contributed by atoms with Crippen LogP contribution in [0.1, 0.15) is 39.0 Å². The molecule has 0 aromatic heterocycles. The van der Waals surface area contributed by atoms with Gasteiger partial charge in [-0.25, -0.2) is 0 Å². The van der Waals surface area contributed by atoms with Crippen LogP contribution >= 0.6 is 0 Å². The van der Waals surface area contributed by atoms with Gasteiger partial charge < -0.3 is 4.90 Å². The highest BCUT2D eigenvalue weighted by Gasteiger charge is 2.16. The number of hydrogen-bond acceptors (Lipinski definition) is 1. The van der Waals surface area contributed by atoms with E-state index in [0.29, 0.717) is 0 Å². The van der Waals surface area contributed by atoms with Gasteiger partial charge in [0.1, 0.15) is 0 Å². The SMILES string of the molecule is CCCC1CCCCN1C. The molecule has 0 aliphatic carbocycles. The van der Waals surface area contributed by atoms with E-state index >= 15 is 0 Å². The van der Waals surface area contributed by atoms with E-state index in [1.165, 1.54) is 38.6 Å². The molecular weight excluding hydrogens is 122 g/mol. The number of hydrogen-bond donors (Lipinski definition) is 0. The second-order valence-electron chi connectivity index (χ2n) is 3.42. The largest absolute Gasteiger partial charge is 0.303 e. The quantitative estimate of drug-likeness (QED) is 0.570. The van der Waals surface area contributed by atoms with Crippen molar-refractivity contribution in [2.75, 3.05) is 13.6 Å². The second-order valence-corrected chi connectivity index (χ2v) is 3.42. The molecule has 1 aliphatic rings. The van der Waals surface area contributed by atoms with Crippen LogP contribution in [0.25, 0.3) is 0 Å². The van der Waals surface area contributed by atoms with Crippen molar-refractivity contribution >= 4 is 0 Å². The molecule has 1 atom stereocenters. The summed E-state index contributed by atoms with van der Waals surface area (Å²) in [6, 6.07) is 0.902. The Morgan fingerprint density at radius 2 is 2.20 bits per heavy atom. The zero-order chi connectivity index (χ0) is 7.40. The van der Waals surface area contributed by atoms with Crippen LogP contribution in [0.5, 0.6) is 0 Å². The van der Waals surface area contributed by atoms with Gasteiger partial charge in [-0.15, -0.1) is 0 Å². The van der Waals surface area contributed by atoms with E-state index in [-0.39, 0.29) is 0 Å².